The fourth-order valence-electron chi connectivity index (χ4n) is 3.34. The van der Waals surface area contributed by atoms with Gasteiger partial charge in [0, 0.05) is 51.0 Å². The number of hydrogen-bond acceptors (Lipinski definition) is 4. The van der Waals surface area contributed by atoms with E-state index in [4.69, 9.17) is 0 Å². The Morgan fingerprint density at radius 2 is 1.69 bits per heavy atom. The van der Waals surface area contributed by atoms with Crippen molar-refractivity contribution in [1.29, 1.82) is 0 Å². The molecule has 0 radical (unpaired) electrons. The number of rotatable bonds is 2. The SMILES string of the molecule is O=C(C1CCN(c2cc(C(F)(F)F)ncn2)CC1)N1CCC(F)(F)CC1. The van der Waals surface area contributed by atoms with Crippen LogP contribution in [0.1, 0.15) is 31.4 Å². The van der Waals surface area contributed by atoms with Gasteiger partial charge in [0.25, 0.3) is 5.92 Å². The maximum atomic E-state index is 13.2. The van der Waals surface area contributed by atoms with Crippen LogP contribution < -0.4 is 4.90 Å². The van der Waals surface area contributed by atoms with Gasteiger partial charge in [-0.15, -0.1) is 0 Å². The van der Waals surface area contributed by atoms with E-state index in [2.05, 4.69) is 9.97 Å². The fraction of sp³-hybridized carbons (Fsp3) is 0.688. The predicted octanol–water partition coefficient (Wildman–Crippen LogP) is 2.97. The Bertz CT molecular complexity index is 648. The minimum atomic E-state index is -4.54. The zero-order valence-electron chi connectivity index (χ0n) is 14.0. The molecule has 3 rings (SSSR count). The minimum Gasteiger partial charge on any atom is -0.356 e. The number of hydrogen-bond donors (Lipinski definition) is 0. The molecule has 0 bridgehead atoms. The lowest BCUT2D eigenvalue weighted by molar-refractivity contribution is -0.142. The Morgan fingerprint density at radius 1 is 1.08 bits per heavy atom. The number of likely N-dealkylation sites (tertiary alicyclic amines) is 1. The second-order valence-electron chi connectivity index (χ2n) is 6.70. The van der Waals surface area contributed by atoms with Crippen molar-refractivity contribution in [3.8, 4) is 0 Å². The predicted molar refractivity (Wildman–Crippen MR) is 82.7 cm³/mol. The highest BCUT2D eigenvalue weighted by molar-refractivity contribution is 5.79. The molecule has 2 saturated heterocycles. The summed E-state index contributed by atoms with van der Waals surface area (Å²) in [5.41, 5.74) is -1.00. The lowest BCUT2D eigenvalue weighted by atomic mass is 9.94. The molecule has 0 saturated carbocycles. The second kappa shape index (κ2) is 6.96. The largest absolute Gasteiger partial charge is 0.433 e. The summed E-state index contributed by atoms with van der Waals surface area (Å²) in [7, 11) is 0. The van der Waals surface area contributed by atoms with Crippen LogP contribution in [0.2, 0.25) is 0 Å². The first-order valence-corrected chi connectivity index (χ1v) is 8.46. The molecule has 0 N–H and O–H groups in total. The summed E-state index contributed by atoms with van der Waals surface area (Å²) in [6.07, 6.45) is -3.39. The van der Waals surface area contributed by atoms with E-state index in [1.807, 2.05) is 0 Å². The number of carbonyl (C=O) groups is 1. The number of nitrogens with zero attached hydrogens (tertiary/aromatic N) is 4. The lowest BCUT2D eigenvalue weighted by Crippen LogP contribution is -2.47. The highest BCUT2D eigenvalue weighted by Crippen LogP contribution is 2.32. The molecule has 2 aliphatic heterocycles. The molecule has 10 heteroatoms. The van der Waals surface area contributed by atoms with Crippen LogP contribution in [0.4, 0.5) is 27.8 Å². The van der Waals surface area contributed by atoms with Crippen LogP contribution in [0.15, 0.2) is 12.4 Å². The van der Waals surface area contributed by atoms with Crippen molar-refractivity contribution in [2.45, 2.75) is 37.8 Å². The average Bonchev–Trinajstić information content (AvgIpc) is 2.61. The quantitative estimate of drug-likeness (QED) is 0.743. The molecule has 2 fully saturated rings. The first-order valence-electron chi connectivity index (χ1n) is 8.46. The standard InChI is InChI=1S/C16H19F5N4O/c17-15(18)3-7-25(8-4-15)14(26)11-1-5-24(6-2-11)13-9-12(16(19,20)21)22-10-23-13/h9-11H,1-8H2. The summed E-state index contributed by atoms with van der Waals surface area (Å²) in [6.45, 7) is 0.864. The number of alkyl halides is 5. The van der Waals surface area contributed by atoms with Crippen molar-refractivity contribution in [3.63, 3.8) is 0 Å². The maximum absolute atomic E-state index is 13.2. The van der Waals surface area contributed by atoms with Gasteiger partial charge < -0.3 is 9.80 Å². The first-order chi connectivity index (χ1) is 12.2. The number of aromatic nitrogens is 2. The summed E-state index contributed by atoms with van der Waals surface area (Å²) in [5, 5.41) is 0. The van der Waals surface area contributed by atoms with Crippen molar-refractivity contribution in [1.82, 2.24) is 14.9 Å². The highest BCUT2D eigenvalue weighted by Gasteiger charge is 2.38. The summed E-state index contributed by atoms with van der Waals surface area (Å²) in [4.78, 5) is 22.8. The molecular weight excluding hydrogens is 359 g/mol. The molecule has 5 nitrogen and oxygen atoms in total. The molecule has 144 valence electrons. The van der Waals surface area contributed by atoms with E-state index >= 15 is 0 Å². The molecule has 26 heavy (non-hydrogen) atoms. The van der Waals surface area contributed by atoms with Gasteiger partial charge in [0.15, 0.2) is 0 Å². The first kappa shape index (κ1) is 18.8. The van der Waals surface area contributed by atoms with Crippen molar-refractivity contribution in [3.05, 3.63) is 18.1 Å². The number of anilines is 1. The van der Waals surface area contributed by atoms with Gasteiger partial charge in [0.05, 0.1) is 0 Å². The van der Waals surface area contributed by atoms with Crippen LogP contribution in [0, 0.1) is 5.92 Å². The van der Waals surface area contributed by atoms with Crippen LogP contribution >= 0.6 is 0 Å². The van der Waals surface area contributed by atoms with Gasteiger partial charge in [-0.1, -0.05) is 0 Å². The molecule has 0 aromatic carbocycles. The van der Waals surface area contributed by atoms with Crippen LogP contribution in [-0.4, -0.2) is 52.9 Å². The van der Waals surface area contributed by atoms with Gasteiger partial charge >= 0.3 is 6.18 Å². The summed E-state index contributed by atoms with van der Waals surface area (Å²) >= 11 is 0. The Labute approximate surface area is 147 Å². The van der Waals surface area contributed by atoms with Crippen molar-refractivity contribution in [2.24, 2.45) is 5.92 Å². The number of carbonyl (C=O) groups excluding carboxylic acids is 1. The van der Waals surface area contributed by atoms with E-state index in [9.17, 15) is 26.7 Å². The van der Waals surface area contributed by atoms with Crippen LogP contribution in [0.25, 0.3) is 0 Å². The van der Waals surface area contributed by atoms with E-state index in [0.717, 1.165) is 12.4 Å². The molecule has 0 unspecified atom stereocenters. The van der Waals surface area contributed by atoms with Crippen LogP contribution in [0.5, 0.6) is 0 Å². The van der Waals surface area contributed by atoms with Gasteiger partial charge in [-0.3, -0.25) is 4.79 Å². The molecule has 0 aliphatic carbocycles. The number of halogens is 5. The van der Waals surface area contributed by atoms with Gasteiger partial charge in [0.1, 0.15) is 17.8 Å². The van der Waals surface area contributed by atoms with Gasteiger partial charge in [-0.2, -0.15) is 13.2 Å². The van der Waals surface area contributed by atoms with E-state index in [1.54, 1.807) is 4.90 Å². The monoisotopic (exact) mass is 378 g/mol. The van der Waals surface area contributed by atoms with Crippen molar-refractivity contribution < 1.29 is 26.7 Å². The maximum Gasteiger partial charge on any atom is 0.433 e. The van der Waals surface area contributed by atoms with Crippen molar-refractivity contribution >= 4 is 11.7 Å². The Morgan fingerprint density at radius 3 is 2.27 bits per heavy atom. The molecule has 1 aromatic rings. The zero-order valence-corrected chi connectivity index (χ0v) is 14.0. The van der Waals surface area contributed by atoms with E-state index in [-0.39, 0.29) is 43.6 Å². The van der Waals surface area contributed by atoms with E-state index < -0.39 is 17.8 Å². The zero-order chi connectivity index (χ0) is 18.9. The van der Waals surface area contributed by atoms with Crippen molar-refractivity contribution in [2.75, 3.05) is 31.1 Å². The lowest BCUT2D eigenvalue weighted by Gasteiger charge is -2.37. The third kappa shape index (κ3) is 4.21. The van der Waals surface area contributed by atoms with E-state index in [0.29, 0.717) is 25.9 Å². The number of amides is 1. The summed E-state index contributed by atoms with van der Waals surface area (Å²) in [6, 6.07) is 0.898. The van der Waals surface area contributed by atoms with Crippen LogP contribution in [0.3, 0.4) is 0 Å². The average molecular weight is 378 g/mol. The molecular formula is C16H19F5N4O. The highest BCUT2D eigenvalue weighted by atomic mass is 19.4. The molecule has 0 spiro atoms. The third-order valence-electron chi connectivity index (χ3n) is 4.92. The minimum absolute atomic E-state index is 0.0485. The molecule has 1 aromatic heterocycles. The van der Waals surface area contributed by atoms with Crippen LogP contribution in [-0.2, 0) is 11.0 Å². The second-order valence-corrected chi connectivity index (χ2v) is 6.70. The summed E-state index contributed by atoms with van der Waals surface area (Å²) < 4.78 is 64.7. The van der Waals surface area contributed by atoms with Gasteiger partial charge in [0.2, 0.25) is 5.91 Å². The number of piperidine rings is 2. The Kier molecular flexibility index (Phi) is 5.03. The fourth-order valence-corrected chi connectivity index (χ4v) is 3.34. The molecule has 0 atom stereocenters. The molecule has 2 aliphatic rings. The molecule has 1 amide bonds. The van der Waals surface area contributed by atoms with Gasteiger partial charge in [-0.25, -0.2) is 18.7 Å². The molecule has 3 heterocycles. The Balaban J connectivity index is 1.57. The van der Waals surface area contributed by atoms with Gasteiger partial charge in [-0.05, 0) is 12.8 Å². The smallest absolute Gasteiger partial charge is 0.356 e. The Hall–Kier alpha value is -2.00. The third-order valence-corrected chi connectivity index (χ3v) is 4.92. The van der Waals surface area contributed by atoms with E-state index in [1.165, 1.54) is 4.90 Å². The topological polar surface area (TPSA) is 49.3 Å². The summed E-state index contributed by atoms with van der Waals surface area (Å²) in [5.74, 6) is -2.96. The normalized spacial score (nSPS) is 21.7.